The molecule has 1 fully saturated rings. The number of nitrogens with one attached hydrogen (secondary N) is 2. The first kappa shape index (κ1) is 11.1. The molecule has 0 amide bonds. The monoisotopic (exact) mass is 248 g/mol. The Kier molecular flexibility index (Phi) is 2.85. The van der Waals surface area contributed by atoms with E-state index in [1.165, 1.54) is 22.9 Å². The van der Waals surface area contributed by atoms with Crippen molar-refractivity contribution in [2.75, 3.05) is 13.1 Å². The van der Waals surface area contributed by atoms with Gasteiger partial charge in [-0.25, -0.2) is 0 Å². The third kappa shape index (κ3) is 1.96. The normalized spacial score (nSPS) is 20.2. The number of aromatic nitrogens is 1. The molecule has 3 rings (SSSR count). The molecule has 1 atom stereocenters. The van der Waals surface area contributed by atoms with Gasteiger partial charge in [0.25, 0.3) is 0 Å². The zero-order chi connectivity index (χ0) is 11.8. The molecule has 3 heteroatoms. The molecule has 0 aliphatic carbocycles. The molecular weight excluding hydrogens is 232 g/mol. The first-order valence-corrected chi connectivity index (χ1v) is 6.59. The van der Waals surface area contributed by atoms with Crippen molar-refractivity contribution in [2.45, 2.75) is 19.8 Å². The zero-order valence-electron chi connectivity index (χ0n) is 10.0. The van der Waals surface area contributed by atoms with Gasteiger partial charge in [-0.05, 0) is 56.0 Å². The summed E-state index contributed by atoms with van der Waals surface area (Å²) in [6.07, 6.45) is 4.60. The standard InChI is InChI=1S/C14H17ClN2/c1-9-13(15)3-2-12-11(8-17-14(9)12)6-10-4-5-16-7-10/h2-3,8,10,16-17H,4-7H2,1H3. The number of halogens is 1. The molecule has 1 aliphatic heterocycles. The average Bonchev–Trinajstić information content (AvgIpc) is 2.95. The molecule has 1 saturated heterocycles. The van der Waals surface area contributed by atoms with Gasteiger partial charge in [-0.15, -0.1) is 0 Å². The minimum atomic E-state index is 0.782. The Morgan fingerprint density at radius 1 is 1.41 bits per heavy atom. The topological polar surface area (TPSA) is 27.8 Å². The van der Waals surface area contributed by atoms with Crippen molar-refractivity contribution in [1.29, 1.82) is 0 Å². The van der Waals surface area contributed by atoms with Crippen molar-refractivity contribution in [3.05, 3.63) is 34.5 Å². The van der Waals surface area contributed by atoms with E-state index in [0.717, 1.165) is 36.0 Å². The van der Waals surface area contributed by atoms with E-state index in [2.05, 4.69) is 29.5 Å². The maximum Gasteiger partial charge on any atom is 0.0501 e. The third-order valence-electron chi connectivity index (χ3n) is 3.81. The fourth-order valence-electron chi connectivity index (χ4n) is 2.75. The number of fused-ring (bicyclic) bond motifs is 1. The highest BCUT2D eigenvalue weighted by Crippen LogP contribution is 2.29. The Morgan fingerprint density at radius 2 is 2.29 bits per heavy atom. The molecule has 2 heterocycles. The lowest BCUT2D eigenvalue weighted by Gasteiger charge is -2.07. The van der Waals surface area contributed by atoms with Gasteiger partial charge in [0, 0.05) is 16.6 Å². The van der Waals surface area contributed by atoms with Crippen LogP contribution in [0.2, 0.25) is 5.02 Å². The molecule has 0 radical (unpaired) electrons. The van der Waals surface area contributed by atoms with Crippen LogP contribution in [0.25, 0.3) is 10.9 Å². The highest BCUT2D eigenvalue weighted by Gasteiger charge is 2.17. The fraction of sp³-hybridized carbons (Fsp3) is 0.429. The predicted octanol–water partition coefficient (Wildman–Crippen LogP) is 3.28. The molecule has 1 aliphatic rings. The van der Waals surface area contributed by atoms with Gasteiger partial charge in [-0.2, -0.15) is 0 Å². The highest BCUT2D eigenvalue weighted by molar-refractivity contribution is 6.32. The number of aryl methyl sites for hydroxylation is 1. The van der Waals surface area contributed by atoms with Crippen molar-refractivity contribution in [3.8, 4) is 0 Å². The van der Waals surface area contributed by atoms with Crippen LogP contribution in [0.4, 0.5) is 0 Å². The molecule has 1 aromatic carbocycles. The van der Waals surface area contributed by atoms with Crippen LogP contribution in [0.3, 0.4) is 0 Å². The first-order valence-electron chi connectivity index (χ1n) is 6.21. The first-order chi connectivity index (χ1) is 8.25. The summed E-state index contributed by atoms with van der Waals surface area (Å²) >= 11 is 6.14. The largest absolute Gasteiger partial charge is 0.361 e. The zero-order valence-corrected chi connectivity index (χ0v) is 10.8. The second-order valence-electron chi connectivity index (χ2n) is 4.97. The molecule has 0 spiro atoms. The molecule has 2 nitrogen and oxygen atoms in total. The van der Waals surface area contributed by atoms with E-state index in [-0.39, 0.29) is 0 Å². The van der Waals surface area contributed by atoms with Crippen LogP contribution in [0.5, 0.6) is 0 Å². The van der Waals surface area contributed by atoms with Crippen LogP contribution < -0.4 is 5.32 Å². The quantitative estimate of drug-likeness (QED) is 0.839. The second kappa shape index (κ2) is 4.35. The molecule has 1 aromatic heterocycles. The minimum Gasteiger partial charge on any atom is -0.361 e. The maximum atomic E-state index is 6.14. The number of hydrogen-bond donors (Lipinski definition) is 2. The van der Waals surface area contributed by atoms with E-state index in [1.807, 2.05) is 6.07 Å². The number of rotatable bonds is 2. The van der Waals surface area contributed by atoms with Crippen molar-refractivity contribution in [3.63, 3.8) is 0 Å². The van der Waals surface area contributed by atoms with Crippen LogP contribution >= 0.6 is 11.6 Å². The van der Waals surface area contributed by atoms with Crippen LogP contribution in [0.1, 0.15) is 17.5 Å². The number of aromatic amines is 1. The Hall–Kier alpha value is -0.990. The molecule has 2 aromatic rings. The van der Waals surface area contributed by atoms with E-state index < -0.39 is 0 Å². The summed E-state index contributed by atoms with van der Waals surface area (Å²) in [5.74, 6) is 0.782. The van der Waals surface area contributed by atoms with Crippen LogP contribution in [-0.2, 0) is 6.42 Å². The lowest BCUT2D eigenvalue weighted by atomic mass is 9.98. The van der Waals surface area contributed by atoms with E-state index in [1.54, 1.807) is 0 Å². The third-order valence-corrected chi connectivity index (χ3v) is 4.22. The molecule has 0 saturated carbocycles. The van der Waals surface area contributed by atoms with E-state index in [0.29, 0.717) is 0 Å². The van der Waals surface area contributed by atoms with Gasteiger partial charge in [0.2, 0.25) is 0 Å². The molecular formula is C14H17ClN2. The summed E-state index contributed by atoms with van der Waals surface area (Å²) in [7, 11) is 0. The van der Waals surface area contributed by atoms with Gasteiger partial charge in [-0.3, -0.25) is 0 Å². The van der Waals surface area contributed by atoms with E-state index in [9.17, 15) is 0 Å². The summed E-state index contributed by atoms with van der Waals surface area (Å²) in [6.45, 7) is 4.39. The van der Waals surface area contributed by atoms with Gasteiger partial charge in [-0.1, -0.05) is 17.7 Å². The molecule has 0 bridgehead atoms. The Labute approximate surface area is 106 Å². The van der Waals surface area contributed by atoms with Crippen LogP contribution in [-0.4, -0.2) is 18.1 Å². The summed E-state index contributed by atoms with van der Waals surface area (Å²) in [6, 6.07) is 4.14. The Balaban J connectivity index is 1.97. The van der Waals surface area contributed by atoms with Crippen molar-refractivity contribution in [1.82, 2.24) is 10.3 Å². The number of benzene rings is 1. The SMILES string of the molecule is Cc1c(Cl)ccc2c(CC3CCNC3)c[nH]c12. The molecule has 1 unspecified atom stereocenters. The minimum absolute atomic E-state index is 0.782. The van der Waals surface area contributed by atoms with Crippen LogP contribution in [0, 0.1) is 12.8 Å². The van der Waals surface area contributed by atoms with Crippen molar-refractivity contribution >= 4 is 22.5 Å². The number of hydrogen-bond acceptors (Lipinski definition) is 1. The lowest BCUT2D eigenvalue weighted by molar-refractivity contribution is 0.582. The average molecular weight is 249 g/mol. The fourth-order valence-corrected chi connectivity index (χ4v) is 2.90. The summed E-state index contributed by atoms with van der Waals surface area (Å²) in [4.78, 5) is 3.37. The summed E-state index contributed by atoms with van der Waals surface area (Å²) in [5.41, 5.74) is 3.77. The van der Waals surface area contributed by atoms with Gasteiger partial charge in [0.1, 0.15) is 0 Å². The molecule has 17 heavy (non-hydrogen) atoms. The highest BCUT2D eigenvalue weighted by atomic mass is 35.5. The van der Waals surface area contributed by atoms with Gasteiger partial charge < -0.3 is 10.3 Å². The van der Waals surface area contributed by atoms with Gasteiger partial charge >= 0.3 is 0 Å². The van der Waals surface area contributed by atoms with Crippen molar-refractivity contribution < 1.29 is 0 Å². The summed E-state index contributed by atoms with van der Waals surface area (Å²) < 4.78 is 0. The smallest absolute Gasteiger partial charge is 0.0501 e. The predicted molar refractivity (Wildman–Crippen MR) is 72.7 cm³/mol. The van der Waals surface area contributed by atoms with Crippen molar-refractivity contribution in [2.24, 2.45) is 5.92 Å². The summed E-state index contributed by atoms with van der Waals surface area (Å²) in [5, 5.41) is 5.60. The Morgan fingerprint density at radius 3 is 3.06 bits per heavy atom. The second-order valence-corrected chi connectivity index (χ2v) is 5.38. The number of H-pyrrole nitrogens is 1. The Bertz CT molecular complexity index is 538. The van der Waals surface area contributed by atoms with Gasteiger partial charge in [0.05, 0.1) is 5.52 Å². The molecule has 2 N–H and O–H groups in total. The van der Waals surface area contributed by atoms with Gasteiger partial charge in [0.15, 0.2) is 0 Å². The molecule has 90 valence electrons. The maximum absolute atomic E-state index is 6.14. The van der Waals surface area contributed by atoms with E-state index in [4.69, 9.17) is 11.6 Å². The van der Waals surface area contributed by atoms with Crippen LogP contribution in [0.15, 0.2) is 18.3 Å². The lowest BCUT2D eigenvalue weighted by Crippen LogP contribution is -2.10. The van der Waals surface area contributed by atoms with E-state index >= 15 is 0 Å².